The number of hydrogen-bond acceptors (Lipinski definition) is 4. The Bertz CT molecular complexity index is 305. The fourth-order valence-electron chi connectivity index (χ4n) is 3.79. The van der Waals surface area contributed by atoms with Crippen LogP contribution >= 0.6 is 0 Å². The topological polar surface area (TPSA) is 47.9 Å². The zero-order chi connectivity index (χ0) is 19.0. The molecule has 0 aromatic rings. The van der Waals surface area contributed by atoms with Gasteiger partial charge in [-0.25, -0.2) is 0 Å². The van der Waals surface area contributed by atoms with E-state index in [1.165, 1.54) is 57.8 Å². The van der Waals surface area contributed by atoms with E-state index in [0.717, 1.165) is 25.7 Å². The lowest BCUT2D eigenvalue weighted by Crippen LogP contribution is -2.34. The summed E-state index contributed by atoms with van der Waals surface area (Å²) < 4.78 is 17.3. The molecule has 0 radical (unpaired) electrons. The second kappa shape index (κ2) is 15.9. The highest BCUT2D eigenvalue weighted by molar-refractivity contribution is 4.81. The van der Waals surface area contributed by atoms with Crippen LogP contribution in [0.3, 0.4) is 0 Å². The van der Waals surface area contributed by atoms with Crippen LogP contribution in [0, 0.1) is 0 Å². The second-order valence-corrected chi connectivity index (χ2v) is 7.61. The van der Waals surface area contributed by atoms with E-state index in [0.29, 0.717) is 13.2 Å². The van der Waals surface area contributed by atoms with E-state index in [9.17, 15) is 5.11 Å². The summed E-state index contributed by atoms with van der Waals surface area (Å²) in [4.78, 5) is 0. The summed E-state index contributed by atoms with van der Waals surface area (Å²) in [5.41, 5.74) is 0. The van der Waals surface area contributed by atoms with Gasteiger partial charge in [-0.2, -0.15) is 0 Å². The lowest BCUT2D eigenvalue weighted by atomic mass is 10.0. The first-order chi connectivity index (χ1) is 12.7. The standard InChI is InChI=1S/C22H44O4/c1-4-7-8-9-10-11-12-13-14-15-16-19(23)20-17-18-21(26-20)22(24-5-2)25-6-3/h19-23H,4-18H2,1-3H3/t19-,20+,21-/m0/s1. The van der Waals surface area contributed by atoms with Crippen LogP contribution in [0.25, 0.3) is 0 Å². The van der Waals surface area contributed by atoms with Crippen LogP contribution in [-0.2, 0) is 14.2 Å². The first kappa shape index (κ1) is 23.9. The summed E-state index contributed by atoms with van der Waals surface area (Å²) in [6.07, 6.45) is 15.2. The molecule has 4 heteroatoms. The Hall–Kier alpha value is -0.160. The smallest absolute Gasteiger partial charge is 0.183 e. The van der Waals surface area contributed by atoms with Crippen LogP contribution in [0.15, 0.2) is 0 Å². The van der Waals surface area contributed by atoms with Gasteiger partial charge in [-0.1, -0.05) is 71.1 Å². The Labute approximate surface area is 162 Å². The van der Waals surface area contributed by atoms with Crippen LogP contribution < -0.4 is 0 Å². The monoisotopic (exact) mass is 372 g/mol. The zero-order valence-corrected chi connectivity index (χ0v) is 17.6. The first-order valence-corrected chi connectivity index (χ1v) is 11.3. The summed E-state index contributed by atoms with van der Waals surface area (Å²) in [6.45, 7) is 7.45. The van der Waals surface area contributed by atoms with Crippen LogP contribution in [0.4, 0.5) is 0 Å². The van der Waals surface area contributed by atoms with Crippen LogP contribution in [0.1, 0.15) is 104 Å². The molecule has 1 fully saturated rings. The molecule has 4 nitrogen and oxygen atoms in total. The van der Waals surface area contributed by atoms with Gasteiger partial charge >= 0.3 is 0 Å². The molecule has 1 N–H and O–H groups in total. The highest BCUT2D eigenvalue weighted by Gasteiger charge is 2.35. The highest BCUT2D eigenvalue weighted by atomic mass is 16.7. The lowest BCUT2D eigenvalue weighted by Gasteiger charge is -2.25. The molecule has 1 saturated heterocycles. The SMILES string of the molecule is CCCCCCCCCCCC[C@H](O)[C@H]1CC[C@@H](C(OCC)OCC)O1. The van der Waals surface area contributed by atoms with E-state index in [4.69, 9.17) is 14.2 Å². The number of ether oxygens (including phenoxy) is 3. The maximum Gasteiger partial charge on any atom is 0.183 e. The van der Waals surface area contributed by atoms with Crippen molar-refractivity contribution in [2.45, 2.75) is 129 Å². The van der Waals surface area contributed by atoms with Gasteiger partial charge in [-0.05, 0) is 33.1 Å². The van der Waals surface area contributed by atoms with Crippen LogP contribution in [-0.4, -0.2) is 42.9 Å². The summed E-state index contributed by atoms with van der Waals surface area (Å²) in [5, 5.41) is 10.4. The molecule has 0 aliphatic carbocycles. The molecule has 0 amide bonds. The van der Waals surface area contributed by atoms with Crippen molar-refractivity contribution in [3.05, 3.63) is 0 Å². The van der Waals surface area contributed by atoms with E-state index >= 15 is 0 Å². The molecule has 3 atom stereocenters. The fourth-order valence-corrected chi connectivity index (χ4v) is 3.79. The zero-order valence-electron chi connectivity index (χ0n) is 17.6. The largest absolute Gasteiger partial charge is 0.390 e. The van der Waals surface area contributed by atoms with Crippen molar-refractivity contribution in [1.29, 1.82) is 0 Å². The average Bonchev–Trinajstić information content (AvgIpc) is 3.13. The maximum atomic E-state index is 10.4. The van der Waals surface area contributed by atoms with Crippen molar-refractivity contribution in [2.75, 3.05) is 13.2 Å². The van der Waals surface area contributed by atoms with Crippen molar-refractivity contribution in [3.63, 3.8) is 0 Å². The Balaban J connectivity index is 2.05. The summed E-state index contributed by atoms with van der Waals surface area (Å²) in [6, 6.07) is 0. The van der Waals surface area contributed by atoms with Crippen LogP contribution in [0.2, 0.25) is 0 Å². The molecule has 1 aliphatic heterocycles. The molecule has 1 heterocycles. The number of aliphatic hydroxyl groups is 1. The van der Waals surface area contributed by atoms with Gasteiger partial charge in [0.25, 0.3) is 0 Å². The van der Waals surface area contributed by atoms with E-state index in [1.54, 1.807) is 0 Å². The van der Waals surface area contributed by atoms with E-state index in [-0.39, 0.29) is 24.6 Å². The quantitative estimate of drug-likeness (QED) is 0.266. The lowest BCUT2D eigenvalue weighted by molar-refractivity contribution is -0.204. The second-order valence-electron chi connectivity index (χ2n) is 7.61. The molecule has 0 bridgehead atoms. The molecule has 26 heavy (non-hydrogen) atoms. The number of rotatable bonds is 17. The first-order valence-electron chi connectivity index (χ1n) is 11.3. The Morgan fingerprint density at radius 1 is 0.769 bits per heavy atom. The minimum absolute atomic E-state index is 0.0396. The maximum absolute atomic E-state index is 10.4. The molecule has 0 saturated carbocycles. The highest BCUT2D eigenvalue weighted by Crippen LogP contribution is 2.28. The predicted octanol–water partition coefficient (Wildman–Crippen LogP) is 5.61. The van der Waals surface area contributed by atoms with E-state index in [2.05, 4.69) is 6.92 Å². The van der Waals surface area contributed by atoms with E-state index < -0.39 is 0 Å². The third kappa shape index (κ3) is 10.2. The number of hydrogen-bond donors (Lipinski definition) is 1. The Morgan fingerprint density at radius 2 is 1.27 bits per heavy atom. The summed E-state index contributed by atoms with van der Waals surface area (Å²) >= 11 is 0. The van der Waals surface area contributed by atoms with Gasteiger partial charge in [0.2, 0.25) is 0 Å². The third-order valence-electron chi connectivity index (χ3n) is 5.33. The van der Waals surface area contributed by atoms with E-state index in [1.807, 2.05) is 13.8 Å². The van der Waals surface area contributed by atoms with Gasteiger partial charge in [0, 0.05) is 13.2 Å². The normalized spacial score (nSPS) is 21.6. The summed E-state index contributed by atoms with van der Waals surface area (Å²) in [7, 11) is 0. The predicted molar refractivity (Wildman–Crippen MR) is 107 cm³/mol. The molecule has 1 rings (SSSR count). The average molecular weight is 373 g/mol. The molecule has 0 unspecified atom stereocenters. The van der Waals surface area contributed by atoms with Gasteiger partial charge in [0.15, 0.2) is 6.29 Å². The van der Waals surface area contributed by atoms with Gasteiger partial charge in [0.05, 0.1) is 12.2 Å². The fraction of sp³-hybridized carbons (Fsp3) is 1.00. The van der Waals surface area contributed by atoms with Crippen molar-refractivity contribution in [1.82, 2.24) is 0 Å². The van der Waals surface area contributed by atoms with Crippen LogP contribution in [0.5, 0.6) is 0 Å². The molecule has 0 spiro atoms. The van der Waals surface area contributed by atoms with Gasteiger partial charge in [-0.3, -0.25) is 0 Å². The molecule has 156 valence electrons. The van der Waals surface area contributed by atoms with Crippen molar-refractivity contribution in [3.8, 4) is 0 Å². The van der Waals surface area contributed by atoms with Crippen molar-refractivity contribution in [2.24, 2.45) is 0 Å². The molecular formula is C22H44O4. The van der Waals surface area contributed by atoms with Gasteiger partial charge in [0.1, 0.15) is 6.10 Å². The minimum Gasteiger partial charge on any atom is -0.390 e. The summed E-state index contributed by atoms with van der Waals surface area (Å²) in [5.74, 6) is 0. The van der Waals surface area contributed by atoms with Crippen molar-refractivity contribution < 1.29 is 19.3 Å². The molecule has 0 aromatic heterocycles. The number of aliphatic hydroxyl groups excluding tert-OH is 1. The minimum atomic E-state index is -0.349. The Kier molecular flexibility index (Phi) is 14.6. The molecular weight excluding hydrogens is 328 g/mol. The van der Waals surface area contributed by atoms with Gasteiger partial charge in [-0.15, -0.1) is 0 Å². The Morgan fingerprint density at radius 3 is 1.81 bits per heavy atom. The van der Waals surface area contributed by atoms with Crippen molar-refractivity contribution >= 4 is 0 Å². The van der Waals surface area contributed by atoms with Gasteiger partial charge < -0.3 is 19.3 Å². The number of unbranched alkanes of at least 4 members (excludes halogenated alkanes) is 9. The third-order valence-corrected chi connectivity index (χ3v) is 5.33. The molecule has 0 aromatic carbocycles. The molecule has 1 aliphatic rings.